The van der Waals surface area contributed by atoms with E-state index in [-0.39, 0.29) is 5.69 Å². The van der Waals surface area contributed by atoms with E-state index in [1.807, 2.05) is 23.1 Å². The van der Waals surface area contributed by atoms with Crippen LogP contribution in [-0.2, 0) is 5.60 Å². The monoisotopic (exact) mass is 411 g/mol. The molecule has 1 aromatic heterocycles. The number of nitro groups is 1. The van der Waals surface area contributed by atoms with Gasteiger partial charge in [0.2, 0.25) is 0 Å². The molecule has 2 aromatic rings. The van der Waals surface area contributed by atoms with E-state index in [0.29, 0.717) is 46.7 Å². The smallest absolute Gasteiger partial charge is 0.311 e. The molecule has 1 N–H and O–H groups in total. The van der Waals surface area contributed by atoms with Gasteiger partial charge in [0, 0.05) is 29.9 Å². The van der Waals surface area contributed by atoms with Crippen LogP contribution >= 0.6 is 27.5 Å². The van der Waals surface area contributed by atoms with Crippen molar-refractivity contribution in [3.05, 3.63) is 61.8 Å². The molecule has 8 heteroatoms. The van der Waals surface area contributed by atoms with Crippen LogP contribution in [0.1, 0.15) is 18.4 Å². The molecule has 126 valence electrons. The summed E-state index contributed by atoms with van der Waals surface area (Å²) in [7, 11) is 0. The quantitative estimate of drug-likeness (QED) is 0.611. The fourth-order valence-corrected chi connectivity index (χ4v) is 3.96. The van der Waals surface area contributed by atoms with Crippen molar-refractivity contribution in [1.82, 2.24) is 4.98 Å². The van der Waals surface area contributed by atoms with Crippen molar-refractivity contribution >= 4 is 38.9 Å². The molecule has 0 radical (unpaired) electrons. The van der Waals surface area contributed by atoms with E-state index in [9.17, 15) is 15.2 Å². The lowest BCUT2D eigenvalue weighted by Crippen LogP contribution is -2.43. The molecule has 0 aliphatic carbocycles. The highest BCUT2D eigenvalue weighted by molar-refractivity contribution is 9.10. The zero-order valence-corrected chi connectivity index (χ0v) is 15.0. The summed E-state index contributed by atoms with van der Waals surface area (Å²) in [6, 6.07) is 7.24. The van der Waals surface area contributed by atoms with Gasteiger partial charge in [0.15, 0.2) is 0 Å². The maximum Gasteiger partial charge on any atom is 0.311 e. The number of anilines is 1. The number of piperidine rings is 1. The van der Waals surface area contributed by atoms with Gasteiger partial charge >= 0.3 is 5.69 Å². The highest BCUT2D eigenvalue weighted by atomic mass is 79.9. The van der Waals surface area contributed by atoms with Gasteiger partial charge in [-0.3, -0.25) is 15.1 Å². The van der Waals surface area contributed by atoms with Crippen molar-refractivity contribution in [1.29, 1.82) is 0 Å². The molecule has 0 unspecified atom stereocenters. The lowest BCUT2D eigenvalue weighted by molar-refractivity contribution is -0.384. The minimum atomic E-state index is -1.02. The maximum atomic E-state index is 11.3. The number of halogens is 2. The van der Waals surface area contributed by atoms with Crippen LogP contribution in [-0.4, -0.2) is 28.1 Å². The third-order valence-corrected chi connectivity index (χ3v) is 5.24. The molecular formula is C16H15BrClN3O3. The molecule has 24 heavy (non-hydrogen) atoms. The zero-order valence-electron chi connectivity index (χ0n) is 12.7. The Morgan fingerprint density at radius 1 is 1.29 bits per heavy atom. The summed E-state index contributed by atoms with van der Waals surface area (Å²) >= 11 is 9.56. The van der Waals surface area contributed by atoms with E-state index in [4.69, 9.17) is 11.6 Å². The lowest BCUT2D eigenvalue weighted by Gasteiger charge is -2.39. The van der Waals surface area contributed by atoms with Gasteiger partial charge in [-0.1, -0.05) is 29.8 Å². The van der Waals surface area contributed by atoms with Gasteiger partial charge < -0.3 is 10.0 Å². The Kier molecular flexibility index (Phi) is 4.76. The Labute approximate surface area is 152 Å². The normalized spacial score (nSPS) is 16.9. The predicted molar refractivity (Wildman–Crippen MR) is 95.4 cm³/mol. The maximum absolute atomic E-state index is 11.3. The number of aromatic nitrogens is 1. The van der Waals surface area contributed by atoms with Crippen LogP contribution in [0.5, 0.6) is 0 Å². The lowest BCUT2D eigenvalue weighted by atomic mass is 9.84. The molecular weight excluding hydrogens is 398 g/mol. The van der Waals surface area contributed by atoms with E-state index in [2.05, 4.69) is 20.9 Å². The molecule has 1 aliphatic heterocycles. The molecule has 2 heterocycles. The second kappa shape index (κ2) is 6.66. The number of pyridine rings is 1. The van der Waals surface area contributed by atoms with Crippen LogP contribution in [0.4, 0.5) is 11.4 Å². The first kappa shape index (κ1) is 17.1. The van der Waals surface area contributed by atoms with Gasteiger partial charge in [-0.2, -0.15) is 0 Å². The standard InChI is InChI=1S/C16H15BrClN3O3/c17-12-9-19-10-14(21(23)24)15(12)20-7-5-16(22,6-8-20)11-3-1-2-4-13(11)18/h1-4,9-10,22H,5-8H2. The fourth-order valence-electron chi connectivity index (χ4n) is 3.07. The van der Waals surface area contributed by atoms with Crippen molar-refractivity contribution < 1.29 is 10.0 Å². The van der Waals surface area contributed by atoms with Gasteiger partial charge in [0.25, 0.3) is 0 Å². The average molecular weight is 413 g/mol. The first-order valence-corrected chi connectivity index (χ1v) is 8.60. The van der Waals surface area contributed by atoms with Crippen molar-refractivity contribution in [3.63, 3.8) is 0 Å². The van der Waals surface area contributed by atoms with Crippen LogP contribution in [0.15, 0.2) is 41.1 Å². The number of rotatable bonds is 3. The highest BCUT2D eigenvalue weighted by Crippen LogP contribution is 2.41. The summed E-state index contributed by atoms with van der Waals surface area (Å²) in [6.07, 6.45) is 3.65. The molecule has 0 amide bonds. The largest absolute Gasteiger partial charge is 0.385 e. The molecule has 1 aliphatic rings. The van der Waals surface area contributed by atoms with Crippen LogP contribution in [0.25, 0.3) is 0 Å². The second-order valence-corrected chi connectivity index (χ2v) is 7.01. The molecule has 0 saturated carbocycles. The molecule has 3 rings (SSSR count). The van der Waals surface area contributed by atoms with E-state index in [1.54, 1.807) is 6.07 Å². The van der Waals surface area contributed by atoms with E-state index in [0.717, 1.165) is 0 Å². The van der Waals surface area contributed by atoms with Gasteiger partial charge in [-0.15, -0.1) is 0 Å². The summed E-state index contributed by atoms with van der Waals surface area (Å²) < 4.78 is 0.569. The second-order valence-electron chi connectivity index (χ2n) is 5.74. The Balaban J connectivity index is 1.86. The molecule has 0 atom stereocenters. The van der Waals surface area contributed by atoms with E-state index >= 15 is 0 Å². The summed E-state index contributed by atoms with van der Waals surface area (Å²) in [4.78, 5) is 16.6. The number of benzene rings is 1. The van der Waals surface area contributed by atoms with Crippen molar-refractivity contribution in [2.45, 2.75) is 18.4 Å². The first-order valence-electron chi connectivity index (χ1n) is 7.42. The van der Waals surface area contributed by atoms with Crippen molar-refractivity contribution in [3.8, 4) is 0 Å². The van der Waals surface area contributed by atoms with Crippen molar-refractivity contribution in [2.24, 2.45) is 0 Å². The fraction of sp³-hybridized carbons (Fsp3) is 0.312. The molecule has 1 fully saturated rings. The summed E-state index contributed by atoms with van der Waals surface area (Å²) in [5.74, 6) is 0. The highest BCUT2D eigenvalue weighted by Gasteiger charge is 2.37. The van der Waals surface area contributed by atoms with Crippen molar-refractivity contribution in [2.75, 3.05) is 18.0 Å². The van der Waals surface area contributed by atoms with Crippen LogP contribution < -0.4 is 4.90 Å². The van der Waals surface area contributed by atoms with Gasteiger partial charge in [-0.25, -0.2) is 0 Å². The summed E-state index contributed by atoms with van der Waals surface area (Å²) in [6.45, 7) is 0.955. The van der Waals surface area contributed by atoms with Crippen LogP contribution in [0.2, 0.25) is 5.02 Å². The Bertz CT molecular complexity index is 779. The average Bonchev–Trinajstić information content (AvgIpc) is 2.56. The Morgan fingerprint density at radius 2 is 1.96 bits per heavy atom. The zero-order chi connectivity index (χ0) is 17.3. The topological polar surface area (TPSA) is 79.5 Å². The first-order chi connectivity index (χ1) is 11.4. The minimum Gasteiger partial charge on any atom is -0.385 e. The Hall–Kier alpha value is -1.70. The molecule has 1 aromatic carbocycles. The van der Waals surface area contributed by atoms with Crippen LogP contribution in [0.3, 0.4) is 0 Å². The number of hydrogen-bond donors (Lipinski definition) is 1. The van der Waals surface area contributed by atoms with Gasteiger partial charge in [0.05, 0.1) is 15.0 Å². The molecule has 0 bridgehead atoms. The van der Waals surface area contributed by atoms with E-state index < -0.39 is 10.5 Å². The number of aliphatic hydroxyl groups is 1. The number of hydrogen-bond acceptors (Lipinski definition) is 5. The number of nitrogens with zero attached hydrogens (tertiary/aromatic N) is 3. The van der Waals surface area contributed by atoms with Gasteiger partial charge in [0.1, 0.15) is 11.9 Å². The molecule has 1 saturated heterocycles. The summed E-state index contributed by atoms with van der Waals surface area (Å²) in [5, 5.41) is 22.8. The molecule has 0 spiro atoms. The van der Waals surface area contributed by atoms with Crippen LogP contribution in [0, 0.1) is 10.1 Å². The molecule has 6 nitrogen and oxygen atoms in total. The predicted octanol–water partition coefficient (Wildman–Crippen LogP) is 3.89. The van der Waals surface area contributed by atoms with E-state index in [1.165, 1.54) is 12.4 Å². The summed E-state index contributed by atoms with van der Waals surface area (Å²) in [5.41, 5.74) is 0.127. The Morgan fingerprint density at radius 3 is 2.58 bits per heavy atom. The third kappa shape index (κ3) is 3.11. The third-order valence-electron chi connectivity index (χ3n) is 4.33. The SMILES string of the molecule is O=[N+]([O-])c1cncc(Br)c1N1CCC(O)(c2ccccc2Cl)CC1. The van der Waals surface area contributed by atoms with Gasteiger partial charge in [-0.05, 0) is 34.8 Å². The minimum absolute atomic E-state index is 0.0486.